The van der Waals surface area contributed by atoms with Gasteiger partial charge in [0.25, 0.3) is 0 Å². The Bertz CT molecular complexity index is 1250. The zero-order valence-corrected chi connectivity index (χ0v) is 17.9. The lowest BCUT2D eigenvalue weighted by Gasteiger charge is -2.11. The van der Waals surface area contributed by atoms with Crippen LogP contribution in [-0.4, -0.2) is 33.7 Å². The number of halogens is 2. The average molecular weight is 438 g/mol. The van der Waals surface area contributed by atoms with E-state index in [2.05, 4.69) is 15.2 Å². The highest BCUT2D eigenvalue weighted by Gasteiger charge is 2.15. The highest BCUT2D eigenvalue weighted by Crippen LogP contribution is 2.23. The van der Waals surface area contributed by atoms with Crippen LogP contribution in [0.25, 0.3) is 16.6 Å². The fourth-order valence-corrected chi connectivity index (χ4v) is 3.85. The summed E-state index contributed by atoms with van der Waals surface area (Å²) in [5.74, 6) is 0.0707. The molecule has 0 aliphatic heterocycles. The zero-order valence-electron chi connectivity index (χ0n) is 17.9. The number of carbonyl (C=O) groups excluding carboxylic acids is 1. The Morgan fingerprint density at radius 3 is 2.59 bits per heavy atom. The Kier molecular flexibility index (Phi) is 6.30. The van der Waals surface area contributed by atoms with E-state index in [1.807, 2.05) is 42.6 Å². The lowest BCUT2D eigenvalue weighted by Crippen LogP contribution is -2.26. The quantitative estimate of drug-likeness (QED) is 0.443. The Hall–Kier alpha value is -3.55. The summed E-state index contributed by atoms with van der Waals surface area (Å²) in [5, 5.41) is 8.58. The first-order valence-electron chi connectivity index (χ1n) is 10.5. The topological polar surface area (TPSA) is 68.5 Å². The van der Waals surface area contributed by atoms with E-state index in [9.17, 15) is 13.6 Å². The van der Waals surface area contributed by atoms with Crippen LogP contribution in [0.2, 0.25) is 0 Å². The molecule has 1 N–H and O–H groups in total. The largest absolute Gasteiger partial charge is 0.435 e. The molecule has 2 aromatic heterocycles. The smallest absolute Gasteiger partial charge is 0.387 e. The number of alkyl halides is 2. The molecule has 8 heteroatoms. The number of hydrogen-bond acceptors (Lipinski definition) is 4. The van der Waals surface area contributed by atoms with Crippen molar-refractivity contribution in [2.45, 2.75) is 39.7 Å². The Balaban J connectivity index is 1.34. The number of aryl methyl sites for hydroxylation is 2. The normalized spacial score (nSPS) is 11.4. The molecule has 0 bridgehead atoms. The highest BCUT2D eigenvalue weighted by molar-refractivity contribution is 5.92. The molecular weight excluding hydrogens is 414 g/mol. The number of benzene rings is 2. The summed E-state index contributed by atoms with van der Waals surface area (Å²) < 4.78 is 30.6. The fourth-order valence-electron chi connectivity index (χ4n) is 3.85. The van der Waals surface area contributed by atoms with Gasteiger partial charge in [0.05, 0.1) is 5.52 Å². The monoisotopic (exact) mass is 438 g/mol. The van der Waals surface area contributed by atoms with Crippen LogP contribution in [-0.2, 0) is 17.6 Å². The van der Waals surface area contributed by atoms with Gasteiger partial charge < -0.3 is 10.1 Å². The summed E-state index contributed by atoms with van der Waals surface area (Å²) in [6.07, 6.45) is 1.52. The Morgan fingerprint density at radius 1 is 1.09 bits per heavy atom. The van der Waals surface area contributed by atoms with Crippen molar-refractivity contribution in [3.8, 4) is 5.75 Å². The van der Waals surface area contributed by atoms with Crippen LogP contribution in [0.4, 0.5) is 8.78 Å². The van der Waals surface area contributed by atoms with Crippen molar-refractivity contribution in [3.05, 3.63) is 71.0 Å². The molecule has 2 aromatic carbocycles. The summed E-state index contributed by atoms with van der Waals surface area (Å²) in [4.78, 5) is 17.1. The predicted molar refractivity (Wildman–Crippen MR) is 118 cm³/mol. The summed E-state index contributed by atoms with van der Waals surface area (Å²) in [7, 11) is 0. The molecule has 166 valence electrons. The second-order valence-electron chi connectivity index (χ2n) is 7.64. The first-order valence-corrected chi connectivity index (χ1v) is 10.5. The van der Waals surface area contributed by atoms with E-state index in [0.29, 0.717) is 25.8 Å². The molecule has 0 saturated carbocycles. The maximum Gasteiger partial charge on any atom is 0.387 e. The first-order chi connectivity index (χ1) is 15.4. The van der Waals surface area contributed by atoms with Crippen LogP contribution >= 0.6 is 0 Å². The van der Waals surface area contributed by atoms with Gasteiger partial charge in [0.15, 0.2) is 5.65 Å². The van der Waals surface area contributed by atoms with Gasteiger partial charge in [0, 0.05) is 29.7 Å². The SMILES string of the molecule is Cc1nc2c3ccccc3nn2c(C)c1CCC(=O)NCCc1ccc(OC(F)F)cc1. The Morgan fingerprint density at radius 2 is 1.84 bits per heavy atom. The molecule has 4 rings (SSSR count). The van der Waals surface area contributed by atoms with Crippen LogP contribution in [0.1, 0.15) is 28.9 Å². The minimum absolute atomic E-state index is 0.0489. The van der Waals surface area contributed by atoms with Gasteiger partial charge in [-0.1, -0.05) is 24.3 Å². The number of aromatic nitrogens is 3. The van der Waals surface area contributed by atoms with E-state index >= 15 is 0 Å². The number of nitrogens with zero attached hydrogens (tertiary/aromatic N) is 3. The van der Waals surface area contributed by atoms with Gasteiger partial charge in [-0.25, -0.2) is 9.50 Å². The minimum Gasteiger partial charge on any atom is -0.435 e. The van der Waals surface area contributed by atoms with Gasteiger partial charge in [-0.05, 0) is 62.1 Å². The van der Waals surface area contributed by atoms with E-state index in [-0.39, 0.29) is 11.7 Å². The second-order valence-corrected chi connectivity index (χ2v) is 7.64. The molecule has 0 saturated heterocycles. The van der Waals surface area contributed by atoms with Crippen LogP contribution in [0.15, 0.2) is 48.5 Å². The summed E-state index contributed by atoms with van der Waals surface area (Å²) in [6.45, 7) is 1.59. The Labute approximate surface area is 184 Å². The van der Waals surface area contributed by atoms with Gasteiger partial charge in [0.1, 0.15) is 5.75 Å². The molecule has 1 amide bonds. The van der Waals surface area contributed by atoms with Gasteiger partial charge in [-0.15, -0.1) is 0 Å². The van der Waals surface area contributed by atoms with E-state index in [4.69, 9.17) is 4.98 Å². The molecule has 0 unspecified atom stereocenters. The fraction of sp³-hybridized carbons (Fsp3) is 0.292. The summed E-state index contributed by atoms with van der Waals surface area (Å²) in [5.41, 5.74) is 5.57. The molecule has 0 radical (unpaired) electrons. The second kappa shape index (κ2) is 9.30. The molecule has 0 aliphatic rings. The van der Waals surface area contributed by atoms with Crippen molar-refractivity contribution >= 4 is 22.5 Å². The van der Waals surface area contributed by atoms with E-state index in [1.54, 1.807) is 12.1 Å². The maximum absolute atomic E-state index is 12.4. The highest BCUT2D eigenvalue weighted by atomic mass is 19.3. The van der Waals surface area contributed by atoms with Crippen molar-refractivity contribution in [1.82, 2.24) is 19.9 Å². The van der Waals surface area contributed by atoms with Crippen LogP contribution in [0.5, 0.6) is 5.75 Å². The van der Waals surface area contributed by atoms with Gasteiger partial charge in [-0.2, -0.15) is 13.9 Å². The van der Waals surface area contributed by atoms with Gasteiger partial charge in [-0.3, -0.25) is 4.79 Å². The van der Waals surface area contributed by atoms with Crippen molar-refractivity contribution < 1.29 is 18.3 Å². The molecule has 0 fully saturated rings. The average Bonchev–Trinajstić information content (AvgIpc) is 3.13. The van der Waals surface area contributed by atoms with Crippen molar-refractivity contribution in [3.63, 3.8) is 0 Å². The standard InChI is InChI=1S/C24H24F2N4O2/c1-15-19(16(2)30-23(28-15)20-5-3-4-6-21(20)29-30)11-12-22(31)27-14-13-17-7-9-18(10-8-17)32-24(25)26/h3-10,24H,11-14H2,1-2H3,(H,27,31). The van der Waals surface area contributed by atoms with Crippen molar-refractivity contribution in [2.75, 3.05) is 6.54 Å². The molecule has 2 heterocycles. The van der Waals surface area contributed by atoms with Gasteiger partial charge in [0.2, 0.25) is 5.91 Å². The van der Waals surface area contributed by atoms with E-state index in [0.717, 1.165) is 39.1 Å². The minimum atomic E-state index is -2.84. The number of ether oxygens (including phenoxy) is 1. The number of fused-ring (bicyclic) bond motifs is 3. The third-order valence-electron chi connectivity index (χ3n) is 5.50. The first kappa shape index (κ1) is 21.7. The lowest BCUT2D eigenvalue weighted by molar-refractivity contribution is -0.121. The molecule has 6 nitrogen and oxygen atoms in total. The molecule has 4 aromatic rings. The number of carbonyl (C=O) groups is 1. The number of amides is 1. The van der Waals surface area contributed by atoms with Crippen molar-refractivity contribution in [1.29, 1.82) is 0 Å². The number of hydrogen-bond donors (Lipinski definition) is 1. The summed E-state index contributed by atoms with van der Waals surface area (Å²) >= 11 is 0. The third kappa shape index (κ3) is 4.69. The number of rotatable bonds is 8. The lowest BCUT2D eigenvalue weighted by atomic mass is 10.1. The third-order valence-corrected chi connectivity index (χ3v) is 5.50. The van der Waals surface area contributed by atoms with Crippen LogP contribution in [0, 0.1) is 13.8 Å². The maximum atomic E-state index is 12.4. The zero-order chi connectivity index (χ0) is 22.7. The summed E-state index contributed by atoms with van der Waals surface area (Å²) in [6, 6.07) is 14.3. The molecular formula is C24H24F2N4O2. The molecule has 0 aliphatic carbocycles. The molecule has 32 heavy (non-hydrogen) atoms. The van der Waals surface area contributed by atoms with E-state index < -0.39 is 6.61 Å². The van der Waals surface area contributed by atoms with E-state index in [1.165, 1.54) is 12.1 Å². The number of nitrogens with one attached hydrogen (secondary N) is 1. The van der Waals surface area contributed by atoms with Crippen molar-refractivity contribution in [2.24, 2.45) is 0 Å². The van der Waals surface area contributed by atoms with Crippen LogP contribution in [0.3, 0.4) is 0 Å². The molecule has 0 atom stereocenters. The van der Waals surface area contributed by atoms with Crippen LogP contribution < -0.4 is 10.1 Å². The predicted octanol–water partition coefficient (Wildman–Crippen LogP) is 4.39. The van der Waals surface area contributed by atoms with Gasteiger partial charge >= 0.3 is 6.61 Å². The molecule has 0 spiro atoms.